The van der Waals surface area contributed by atoms with Crippen molar-refractivity contribution >= 4 is 5.91 Å². The van der Waals surface area contributed by atoms with Crippen molar-refractivity contribution in [3.8, 4) is 0 Å². The Morgan fingerprint density at radius 2 is 2.20 bits per heavy atom. The van der Waals surface area contributed by atoms with Crippen LogP contribution in [0, 0.1) is 5.92 Å². The van der Waals surface area contributed by atoms with Crippen LogP contribution in [0.2, 0.25) is 0 Å². The van der Waals surface area contributed by atoms with Gasteiger partial charge in [-0.05, 0) is 25.2 Å². The molecule has 1 saturated carbocycles. The number of primary amides is 1. The lowest BCUT2D eigenvalue weighted by Crippen LogP contribution is -2.43. The van der Waals surface area contributed by atoms with Crippen LogP contribution in [-0.2, 0) is 9.53 Å². The summed E-state index contributed by atoms with van der Waals surface area (Å²) in [5.74, 6) is 0.267. The van der Waals surface area contributed by atoms with Crippen molar-refractivity contribution in [2.45, 2.75) is 45.2 Å². The fourth-order valence-corrected chi connectivity index (χ4v) is 1.36. The monoisotopic (exact) mass is 214 g/mol. The first-order chi connectivity index (χ1) is 7.09. The SMILES string of the molecule is CC(C)COCCC(NC1CC1)C(N)=O. The number of rotatable bonds is 8. The predicted molar refractivity (Wildman–Crippen MR) is 59.4 cm³/mol. The number of nitrogens with two attached hydrogens (primary N) is 1. The molecular formula is C11H22N2O2. The van der Waals surface area contributed by atoms with E-state index in [1.165, 1.54) is 0 Å². The average molecular weight is 214 g/mol. The number of carbonyl (C=O) groups excluding carboxylic acids is 1. The molecule has 0 aromatic rings. The van der Waals surface area contributed by atoms with Crippen LogP contribution in [-0.4, -0.2) is 31.2 Å². The van der Waals surface area contributed by atoms with Gasteiger partial charge in [0.15, 0.2) is 0 Å². The Bertz CT molecular complexity index is 203. The Kier molecular flexibility index (Phi) is 5.05. The summed E-state index contributed by atoms with van der Waals surface area (Å²) >= 11 is 0. The highest BCUT2D eigenvalue weighted by atomic mass is 16.5. The molecule has 0 saturated heterocycles. The van der Waals surface area contributed by atoms with Crippen LogP contribution in [0.4, 0.5) is 0 Å². The van der Waals surface area contributed by atoms with Gasteiger partial charge in [-0.1, -0.05) is 13.8 Å². The highest BCUT2D eigenvalue weighted by molar-refractivity contribution is 5.79. The second kappa shape index (κ2) is 6.08. The summed E-state index contributed by atoms with van der Waals surface area (Å²) in [7, 11) is 0. The van der Waals surface area contributed by atoms with Crippen LogP contribution >= 0.6 is 0 Å². The normalized spacial score (nSPS) is 18.1. The van der Waals surface area contributed by atoms with E-state index in [2.05, 4.69) is 19.2 Å². The van der Waals surface area contributed by atoms with Crippen LogP contribution in [0.15, 0.2) is 0 Å². The van der Waals surface area contributed by atoms with E-state index in [-0.39, 0.29) is 11.9 Å². The molecule has 1 rings (SSSR count). The lowest BCUT2D eigenvalue weighted by Gasteiger charge is -2.15. The van der Waals surface area contributed by atoms with Gasteiger partial charge < -0.3 is 15.8 Å². The molecule has 0 aromatic carbocycles. The highest BCUT2D eigenvalue weighted by Crippen LogP contribution is 2.19. The molecule has 0 radical (unpaired) electrons. The quantitative estimate of drug-likeness (QED) is 0.583. The number of hydrogen-bond donors (Lipinski definition) is 2. The van der Waals surface area contributed by atoms with Crippen molar-refractivity contribution in [1.82, 2.24) is 5.32 Å². The van der Waals surface area contributed by atoms with Gasteiger partial charge in [-0.2, -0.15) is 0 Å². The first-order valence-corrected chi connectivity index (χ1v) is 5.72. The van der Waals surface area contributed by atoms with Crippen molar-refractivity contribution in [2.24, 2.45) is 11.7 Å². The minimum absolute atomic E-state index is 0.218. The molecule has 0 bridgehead atoms. The van der Waals surface area contributed by atoms with E-state index in [1.807, 2.05) is 0 Å². The zero-order valence-corrected chi connectivity index (χ0v) is 9.66. The fraction of sp³-hybridized carbons (Fsp3) is 0.909. The van der Waals surface area contributed by atoms with Gasteiger partial charge in [-0.15, -0.1) is 0 Å². The van der Waals surface area contributed by atoms with Crippen LogP contribution in [0.3, 0.4) is 0 Å². The van der Waals surface area contributed by atoms with Crippen molar-refractivity contribution in [3.63, 3.8) is 0 Å². The van der Waals surface area contributed by atoms with Gasteiger partial charge in [0.25, 0.3) is 0 Å². The number of carbonyl (C=O) groups is 1. The smallest absolute Gasteiger partial charge is 0.234 e. The lowest BCUT2D eigenvalue weighted by atomic mass is 10.2. The van der Waals surface area contributed by atoms with Gasteiger partial charge in [0.05, 0.1) is 6.04 Å². The highest BCUT2D eigenvalue weighted by Gasteiger charge is 2.26. The Balaban J connectivity index is 2.10. The molecule has 1 amide bonds. The predicted octanol–water partition coefficient (Wildman–Crippen LogP) is 0.655. The Labute approximate surface area is 91.5 Å². The van der Waals surface area contributed by atoms with Gasteiger partial charge in [-0.25, -0.2) is 0 Å². The third-order valence-electron chi connectivity index (χ3n) is 2.36. The molecule has 0 spiro atoms. The van der Waals surface area contributed by atoms with Crippen molar-refractivity contribution in [3.05, 3.63) is 0 Å². The second-order valence-corrected chi connectivity index (χ2v) is 4.65. The molecule has 0 heterocycles. The maximum Gasteiger partial charge on any atom is 0.234 e. The van der Waals surface area contributed by atoms with Crippen molar-refractivity contribution in [1.29, 1.82) is 0 Å². The van der Waals surface area contributed by atoms with E-state index in [0.717, 1.165) is 19.4 Å². The van der Waals surface area contributed by atoms with E-state index < -0.39 is 0 Å². The third-order valence-corrected chi connectivity index (χ3v) is 2.36. The summed E-state index contributed by atoms with van der Waals surface area (Å²) in [4.78, 5) is 11.1. The maximum absolute atomic E-state index is 11.1. The number of hydrogen-bond acceptors (Lipinski definition) is 3. The summed E-state index contributed by atoms with van der Waals surface area (Å²) in [5, 5.41) is 3.22. The van der Waals surface area contributed by atoms with Gasteiger partial charge in [0.1, 0.15) is 0 Å². The average Bonchev–Trinajstić information content (AvgIpc) is 2.93. The molecule has 1 atom stereocenters. The molecule has 1 unspecified atom stereocenters. The van der Waals surface area contributed by atoms with Crippen LogP contribution in [0.5, 0.6) is 0 Å². The molecule has 15 heavy (non-hydrogen) atoms. The zero-order valence-electron chi connectivity index (χ0n) is 9.66. The van der Waals surface area contributed by atoms with E-state index in [1.54, 1.807) is 0 Å². The molecular weight excluding hydrogens is 192 g/mol. The standard InChI is InChI=1S/C11H22N2O2/c1-8(2)7-15-6-5-10(11(12)14)13-9-3-4-9/h8-10,13H,3-7H2,1-2H3,(H2,12,14). The van der Waals surface area contributed by atoms with Crippen LogP contribution < -0.4 is 11.1 Å². The fourth-order valence-electron chi connectivity index (χ4n) is 1.36. The minimum Gasteiger partial charge on any atom is -0.381 e. The second-order valence-electron chi connectivity index (χ2n) is 4.65. The molecule has 4 heteroatoms. The molecule has 1 fully saturated rings. The van der Waals surface area contributed by atoms with Gasteiger partial charge in [0, 0.05) is 19.3 Å². The van der Waals surface area contributed by atoms with E-state index in [9.17, 15) is 4.79 Å². The summed E-state index contributed by atoms with van der Waals surface area (Å²) in [6.07, 6.45) is 3.01. The largest absolute Gasteiger partial charge is 0.381 e. The van der Waals surface area contributed by atoms with Crippen LogP contribution in [0.1, 0.15) is 33.1 Å². The number of ether oxygens (including phenoxy) is 1. The first-order valence-electron chi connectivity index (χ1n) is 5.72. The van der Waals surface area contributed by atoms with E-state index in [4.69, 9.17) is 10.5 Å². The van der Waals surface area contributed by atoms with Crippen molar-refractivity contribution in [2.75, 3.05) is 13.2 Å². The number of nitrogens with one attached hydrogen (secondary N) is 1. The van der Waals surface area contributed by atoms with Gasteiger partial charge in [-0.3, -0.25) is 4.79 Å². The Morgan fingerprint density at radius 3 is 2.67 bits per heavy atom. The zero-order chi connectivity index (χ0) is 11.3. The molecule has 88 valence electrons. The third kappa shape index (κ3) is 5.74. The van der Waals surface area contributed by atoms with E-state index >= 15 is 0 Å². The molecule has 0 aliphatic heterocycles. The topological polar surface area (TPSA) is 64.3 Å². The minimum atomic E-state index is -0.268. The lowest BCUT2D eigenvalue weighted by molar-refractivity contribution is -0.120. The maximum atomic E-state index is 11.1. The van der Waals surface area contributed by atoms with E-state index in [0.29, 0.717) is 25.0 Å². The Morgan fingerprint density at radius 1 is 1.53 bits per heavy atom. The molecule has 0 aromatic heterocycles. The number of amides is 1. The first kappa shape index (κ1) is 12.5. The molecule has 4 nitrogen and oxygen atoms in total. The summed E-state index contributed by atoms with van der Waals surface area (Å²) in [6, 6.07) is 0.289. The molecule has 3 N–H and O–H groups in total. The molecule has 1 aliphatic carbocycles. The summed E-state index contributed by atoms with van der Waals surface area (Å²) in [5.41, 5.74) is 5.30. The summed E-state index contributed by atoms with van der Waals surface area (Å²) < 4.78 is 5.43. The Hall–Kier alpha value is -0.610. The van der Waals surface area contributed by atoms with Gasteiger partial charge in [0.2, 0.25) is 5.91 Å². The van der Waals surface area contributed by atoms with Gasteiger partial charge >= 0.3 is 0 Å². The van der Waals surface area contributed by atoms with Crippen molar-refractivity contribution < 1.29 is 9.53 Å². The summed E-state index contributed by atoms with van der Waals surface area (Å²) in [6.45, 7) is 5.56. The molecule has 1 aliphatic rings. The van der Waals surface area contributed by atoms with Crippen LogP contribution in [0.25, 0.3) is 0 Å².